The van der Waals surface area contributed by atoms with Gasteiger partial charge < -0.3 is 0 Å². The lowest BCUT2D eigenvalue weighted by atomic mass is 9.81. The summed E-state index contributed by atoms with van der Waals surface area (Å²) in [5, 5.41) is 8.99. The molecule has 0 radical (unpaired) electrons. The summed E-state index contributed by atoms with van der Waals surface area (Å²) in [6.07, 6.45) is -3.84. The molecule has 0 fully saturated rings. The predicted molar refractivity (Wildman–Crippen MR) is 98.2 cm³/mol. The minimum Gasteiger partial charge on any atom is -0.294 e. The third kappa shape index (κ3) is 3.75. The predicted octanol–water partition coefficient (Wildman–Crippen LogP) is 4.19. The van der Waals surface area contributed by atoms with Crippen LogP contribution in [-0.4, -0.2) is 26.9 Å². The molecule has 1 amide bonds. The van der Waals surface area contributed by atoms with E-state index in [1.807, 2.05) is 0 Å². The Kier molecular flexibility index (Phi) is 4.65. The number of nitrogens with zero attached hydrogens (tertiary/aromatic N) is 2. The van der Waals surface area contributed by atoms with E-state index in [9.17, 15) is 22.8 Å². The van der Waals surface area contributed by atoms with Crippen LogP contribution in [0.4, 0.5) is 19.1 Å². The summed E-state index contributed by atoms with van der Waals surface area (Å²) in [6.45, 7) is 0. The van der Waals surface area contributed by atoms with Gasteiger partial charge >= 0.3 is 6.18 Å². The highest BCUT2D eigenvalue weighted by Crippen LogP contribution is 2.33. The first-order valence-corrected chi connectivity index (χ1v) is 8.86. The van der Waals surface area contributed by atoms with Gasteiger partial charge in [-0.2, -0.15) is 18.2 Å². The third-order valence-electron chi connectivity index (χ3n) is 4.80. The van der Waals surface area contributed by atoms with Gasteiger partial charge in [0.05, 0.1) is 11.5 Å². The summed E-state index contributed by atoms with van der Waals surface area (Å²) in [5.41, 5.74) is 0.565. The zero-order valence-electron chi connectivity index (χ0n) is 15.0. The van der Waals surface area contributed by atoms with Gasteiger partial charge in [-0.3, -0.25) is 20.0 Å². The van der Waals surface area contributed by atoms with E-state index < -0.39 is 17.7 Å². The molecule has 148 valence electrons. The van der Waals surface area contributed by atoms with E-state index in [0.29, 0.717) is 17.5 Å². The molecule has 2 N–H and O–H groups in total. The Morgan fingerprint density at radius 2 is 1.93 bits per heavy atom. The van der Waals surface area contributed by atoms with E-state index in [-0.39, 0.29) is 35.4 Å². The molecule has 1 aliphatic rings. The quantitative estimate of drug-likeness (QED) is 0.690. The minimum absolute atomic E-state index is 0.00521. The van der Waals surface area contributed by atoms with Crippen LogP contribution in [0.2, 0.25) is 0 Å². The molecule has 0 bridgehead atoms. The number of ketones is 1. The van der Waals surface area contributed by atoms with Crippen molar-refractivity contribution < 1.29 is 22.8 Å². The molecule has 2 aromatic carbocycles. The number of anilines is 1. The van der Waals surface area contributed by atoms with Gasteiger partial charge in [-0.1, -0.05) is 36.4 Å². The van der Waals surface area contributed by atoms with Gasteiger partial charge in [-0.25, -0.2) is 0 Å². The molecule has 1 heterocycles. The summed E-state index contributed by atoms with van der Waals surface area (Å²) in [6, 6.07) is 11.6. The number of nitrogens with one attached hydrogen (secondary N) is 2. The number of benzene rings is 2. The highest BCUT2D eigenvalue weighted by atomic mass is 19.4. The number of alkyl halides is 3. The molecule has 3 aromatic rings. The molecule has 29 heavy (non-hydrogen) atoms. The van der Waals surface area contributed by atoms with Crippen LogP contribution in [-0.2, 0) is 11.0 Å². The Morgan fingerprint density at radius 3 is 2.72 bits per heavy atom. The van der Waals surface area contributed by atoms with Gasteiger partial charge in [0.1, 0.15) is 0 Å². The molecule has 0 spiro atoms. The normalized spacial score (nSPS) is 16.4. The third-order valence-corrected chi connectivity index (χ3v) is 4.80. The summed E-state index contributed by atoms with van der Waals surface area (Å²) in [7, 11) is 0. The fraction of sp³-hybridized carbons (Fsp3) is 0.200. The average Bonchev–Trinajstić information content (AvgIpc) is 3.16. The van der Waals surface area contributed by atoms with Crippen LogP contribution in [0, 0.1) is 0 Å². The molecule has 4 rings (SSSR count). The fourth-order valence-electron chi connectivity index (χ4n) is 3.38. The van der Waals surface area contributed by atoms with E-state index in [0.717, 1.165) is 12.1 Å². The Hall–Kier alpha value is -3.49. The van der Waals surface area contributed by atoms with Crippen LogP contribution in [0.25, 0.3) is 11.4 Å². The number of halogens is 3. The van der Waals surface area contributed by atoms with Crippen LogP contribution in [0.5, 0.6) is 0 Å². The highest BCUT2D eigenvalue weighted by molar-refractivity contribution is 6.04. The van der Waals surface area contributed by atoms with Gasteiger partial charge in [0.25, 0.3) is 0 Å². The fourth-order valence-corrected chi connectivity index (χ4v) is 3.38. The van der Waals surface area contributed by atoms with Crippen LogP contribution in [0.3, 0.4) is 0 Å². The molecular weight excluding hydrogens is 385 g/mol. The lowest BCUT2D eigenvalue weighted by Gasteiger charge is -2.23. The molecule has 1 unspecified atom stereocenters. The van der Waals surface area contributed by atoms with Crippen molar-refractivity contribution in [2.24, 2.45) is 0 Å². The second-order valence-corrected chi connectivity index (χ2v) is 6.68. The largest absolute Gasteiger partial charge is 0.416 e. The van der Waals surface area contributed by atoms with Crippen molar-refractivity contribution in [2.75, 3.05) is 5.32 Å². The lowest BCUT2D eigenvalue weighted by molar-refractivity contribution is -0.137. The molecular formula is C20H15F3N4O2. The Bertz CT molecular complexity index is 1090. The molecule has 1 aromatic heterocycles. The lowest BCUT2D eigenvalue weighted by Crippen LogP contribution is -2.27. The molecule has 0 aliphatic heterocycles. The van der Waals surface area contributed by atoms with E-state index in [1.54, 1.807) is 24.3 Å². The Balaban J connectivity index is 1.54. The molecule has 1 atom stereocenters. The molecule has 9 heteroatoms. The van der Waals surface area contributed by atoms with Crippen molar-refractivity contribution >= 4 is 17.6 Å². The number of hydrogen-bond acceptors (Lipinski definition) is 4. The SMILES string of the molecule is O=C1CCC(C(=O)Nc2n[nH]c(-c3cccc(C(F)(F)F)c3)n2)c2ccccc21. The average molecular weight is 400 g/mol. The standard InChI is InChI=1S/C20H15F3N4O2/c21-20(22,23)12-5-3-4-11(10-12)17-24-19(27-26-17)25-18(29)15-8-9-16(28)14-7-2-1-6-13(14)15/h1-7,10,15H,8-9H2,(H2,24,25,26,27,29). The molecule has 1 aliphatic carbocycles. The van der Waals surface area contributed by atoms with Crippen molar-refractivity contribution in [3.8, 4) is 11.4 Å². The number of H-pyrrole nitrogens is 1. The summed E-state index contributed by atoms with van der Waals surface area (Å²) in [5.74, 6) is -0.851. The first-order chi connectivity index (χ1) is 13.8. The molecule has 0 saturated heterocycles. The van der Waals surface area contributed by atoms with Crippen molar-refractivity contribution in [1.29, 1.82) is 0 Å². The monoisotopic (exact) mass is 400 g/mol. The Labute approximate surface area is 163 Å². The maximum atomic E-state index is 12.9. The number of amides is 1. The zero-order chi connectivity index (χ0) is 20.6. The second kappa shape index (κ2) is 7.16. The van der Waals surface area contributed by atoms with E-state index in [4.69, 9.17) is 0 Å². The summed E-state index contributed by atoms with van der Waals surface area (Å²) >= 11 is 0. The second-order valence-electron chi connectivity index (χ2n) is 6.68. The van der Waals surface area contributed by atoms with Crippen molar-refractivity contribution in [3.05, 3.63) is 65.2 Å². The first-order valence-electron chi connectivity index (χ1n) is 8.86. The van der Waals surface area contributed by atoms with Gasteiger partial charge in [0.15, 0.2) is 11.6 Å². The zero-order valence-corrected chi connectivity index (χ0v) is 15.0. The first kappa shape index (κ1) is 18.9. The smallest absolute Gasteiger partial charge is 0.294 e. The van der Waals surface area contributed by atoms with Gasteiger partial charge in [0, 0.05) is 17.5 Å². The topological polar surface area (TPSA) is 87.7 Å². The van der Waals surface area contributed by atoms with Crippen molar-refractivity contribution in [3.63, 3.8) is 0 Å². The van der Waals surface area contributed by atoms with E-state index in [1.165, 1.54) is 12.1 Å². The number of hydrogen-bond donors (Lipinski definition) is 2. The number of aromatic nitrogens is 3. The number of rotatable bonds is 3. The van der Waals surface area contributed by atoms with Gasteiger partial charge in [-0.15, -0.1) is 5.10 Å². The highest BCUT2D eigenvalue weighted by Gasteiger charge is 2.32. The number of fused-ring (bicyclic) bond motifs is 1. The minimum atomic E-state index is -4.47. The van der Waals surface area contributed by atoms with Gasteiger partial charge in [0.2, 0.25) is 11.9 Å². The molecule has 0 saturated carbocycles. The van der Waals surface area contributed by atoms with E-state index in [2.05, 4.69) is 20.5 Å². The van der Waals surface area contributed by atoms with Crippen LogP contribution < -0.4 is 5.32 Å². The number of aromatic amines is 1. The maximum absolute atomic E-state index is 12.9. The van der Waals surface area contributed by atoms with Crippen LogP contribution >= 0.6 is 0 Å². The summed E-state index contributed by atoms with van der Waals surface area (Å²) in [4.78, 5) is 28.8. The number of Topliss-reactive ketones (excluding diaryl/α,β-unsaturated/α-hetero) is 1. The Morgan fingerprint density at radius 1 is 1.14 bits per heavy atom. The van der Waals surface area contributed by atoms with Gasteiger partial charge in [-0.05, 0) is 24.1 Å². The van der Waals surface area contributed by atoms with Crippen molar-refractivity contribution in [2.45, 2.75) is 24.9 Å². The van der Waals surface area contributed by atoms with Crippen LogP contribution in [0.1, 0.15) is 40.2 Å². The maximum Gasteiger partial charge on any atom is 0.416 e. The van der Waals surface area contributed by atoms with Crippen molar-refractivity contribution in [1.82, 2.24) is 15.2 Å². The summed E-state index contributed by atoms with van der Waals surface area (Å²) < 4.78 is 38.7. The van der Waals surface area contributed by atoms with E-state index >= 15 is 0 Å². The number of carbonyl (C=O) groups excluding carboxylic acids is 2. The molecule has 6 nitrogen and oxygen atoms in total. The van der Waals surface area contributed by atoms with Crippen LogP contribution in [0.15, 0.2) is 48.5 Å². The number of carbonyl (C=O) groups is 2.